The summed E-state index contributed by atoms with van der Waals surface area (Å²) < 4.78 is 35.0. The van der Waals surface area contributed by atoms with Crippen LogP contribution in [0, 0.1) is 0 Å². The molecule has 0 aliphatic rings. The zero-order valence-corrected chi connectivity index (χ0v) is 12.9. The standard InChI is InChI=1S/C16H14N2O4S/c19-23(20,12-11-21-14-9-5-2-6-10-14)16-18-17-15(22-16)13-7-3-1-4-8-13/h1-10H,11-12H2. The molecule has 23 heavy (non-hydrogen) atoms. The van der Waals surface area contributed by atoms with Gasteiger partial charge in [0, 0.05) is 5.56 Å². The van der Waals surface area contributed by atoms with Gasteiger partial charge in [0.1, 0.15) is 12.4 Å². The van der Waals surface area contributed by atoms with Crippen LogP contribution in [0.4, 0.5) is 0 Å². The van der Waals surface area contributed by atoms with Gasteiger partial charge in [0.05, 0.1) is 5.75 Å². The van der Waals surface area contributed by atoms with Crippen LogP contribution in [0.2, 0.25) is 0 Å². The molecule has 0 atom stereocenters. The molecule has 1 heterocycles. The second kappa shape index (κ2) is 6.62. The van der Waals surface area contributed by atoms with E-state index < -0.39 is 15.1 Å². The average molecular weight is 330 g/mol. The van der Waals surface area contributed by atoms with Gasteiger partial charge in [0.15, 0.2) is 0 Å². The number of sulfone groups is 1. The van der Waals surface area contributed by atoms with E-state index in [1.807, 2.05) is 24.3 Å². The number of ether oxygens (including phenoxy) is 1. The van der Waals surface area contributed by atoms with Crippen molar-refractivity contribution in [3.8, 4) is 17.2 Å². The zero-order chi connectivity index (χ0) is 16.1. The van der Waals surface area contributed by atoms with E-state index in [0.717, 1.165) is 0 Å². The van der Waals surface area contributed by atoms with E-state index >= 15 is 0 Å². The molecule has 0 radical (unpaired) electrons. The van der Waals surface area contributed by atoms with Crippen LogP contribution in [0.1, 0.15) is 0 Å². The highest BCUT2D eigenvalue weighted by molar-refractivity contribution is 7.91. The second-order valence-electron chi connectivity index (χ2n) is 4.72. The highest BCUT2D eigenvalue weighted by Gasteiger charge is 2.23. The van der Waals surface area contributed by atoms with E-state index in [-0.39, 0.29) is 18.3 Å². The maximum absolute atomic E-state index is 12.2. The summed E-state index contributed by atoms with van der Waals surface area (Å²) in [5.74, 6) is 0.546. The molecule has 0 aliphatic carbocycles. The summed E-state index contributed by atoms with van der Waals surface area (Å²) in [6.45, 7) is 0.00932. The molecule has 0 spiro atoms. The van der Waals surface area contributed by atoms with E-state index in [4.69, 9.17) is 9.15 Å². The van der Waals surface area contributed by atoms with Crippen LogP contribution < -0.4 is 4.74 Å². The Hall–Kier alpha value is -2.67. The monoisotopic (exact) mass is 330 g/mol. The van der Waals surface area contributed by atoms with Crippen molar-refractivity contribution < 1.29 is 17.6 Å². The Labute approximate surface area is 133 Å². The third-order valence-corrected chi connectivity index (χ3v) is 4.46. The van der Waals surface area contributed by atoms with Crippen molar-refractivity contribution >= 4 is 9.84 Å². The zero-order valence-electron chi connectivity index (χ0n) is 12.1. The van der Waals surface area contributed by atoms with Gasteiger partial charge < -0.3 is 9.15 Å². The summed E-state index contributed by atoms with van der Waals surface area (Å²) in [5.41, 5.74) is 0.669. The van der Waals surface area contributed by atoms with Crippen LogP contribution in [0.5, 0.6) is 5.75 Å². The summed E-state index contributed by atoms with van der Waals surface area (Å²) in [6.07, 6.45) is 0. The highest BCUT2D eigenvalue weighted by atomic mass is 32.2. The number of hydrogen-bond donors (Lipinski definition) is 0. The fraction of sp³-hybridized carbons (Fsp3) is 0.125. The first kappa shape index (κ1) is 15.2. The minimum Gasteiger partial charge on any atom is -0.493 e. The third kappa shape index (κ3) is 3.75. The Morgan fingerprint density at radius 3 is 2.26 bits per heavy atom. The van der Waals surface area contributed by atoms with Crippen LogP contribution in [0.3, 0.4) is 0 Å². The topological polar surface area (TPSA) is 82.3 Å². The number of aromatic nitrogens is 2. The van der Waals surface area contributed by atoms with Crippen LogP contribution in [-0.2, 0) is 9.84 Å². The molecule has 3 aromatic rings. The van der Waals surface area contributed by atoms with Crippen LogP contribution in [-0.4, -0.2) is 31.0 Å². The molecule has 0 saturated carbocycles. The lowest BCUT2D eigenvalue weighted by molar-refractivity contribution is 0.338. The average Bonchev–Trinajstić information content (AvgIpc) is 3.07. The molecule has 0 bridgehead atoms. The van der Waals surface area contributed by atoms with Crippen molar-refractivity contribution in [3.05, 3.63) is 60.7 Å². The fourth-order valence-electron chi connectivity index (χ4n) is 1.91. The minimum absolute atomic E-state index is 0.00932. The van der Waals surface area contributed by atoms with Crippen molar-refractivity contribution in [1.29, 1.82) is 0 Å². The number of rotatable bonds is 6. The molecule has 0 unspecified atom stereocenters. The van der Waals surface area contributed by atoms with Crippen LogP contribution in [0.15, 0.2) is 70.3 Å². The van der Waals surface area contributed by atoms with Crippen molar-refractivity contribution in [1.82, 2.24) is 10.2 Å². The number of benzene rings is 2. The summed E-state index contributed by atoms with van der Waals surface area (Å²) in [7, 11) is -3.68. The molecule has 3 rings (SSSR count). The summed E-state index contributed by atoms with van der Waals surface area (Å²) in [4.78, 5) is 0. The summed E-state index contributed by atoms with van der Waals surface area (Å²) >= 11 is 0. The lowest BCUT2D eigenvalue weighted by Crippen LogP contribution is -2.14. The Bertz CT molecular complexity index is 861. The van der Waals surface area contributed by atoms with Crippen LogP contribution >= 0.6 is 0 Å². The predicted octanol–water partition coefficient (Wildman–Crippen LogP) is 2.59. The molecule has 0 aliphatic heterocycles. The molecule has 0 saturated heterocycles. The molecule has 118 valence electrons. The van der Waals surface area contributed by atoms with Crippen molar-refractivity contribution in [3.63, 3.8) is 0 Å². The van der Waals surface area contributed by atoms with E-state index in [9.17, 15) is 8.42 Å². The number of hydrogen-bond acceptors (Lipinski definition) is 6. The van der Waals surface area contributed by atoms with Gasteiger partial charge in [-0.25, -0.2) is 8.42 Å². The van der Waals surface area contributed by atoms with Crippen LogP contribution in [0.25, 0.3) is 11.5 Å². The van der Waals surface area contributed by atoms with Gasteiger partial charge in [0.25, 0.3) is 0 Å². The molecule has 0 amide bonds. The Balaban J connectivity index is 1.67. The molecule has 6 nitrogen and oxygen atoms in total. The van der Waals surface area contributed by atoms with Gasteiger partial charge in [-0.3, -0.25) is 0 Å². The normalized spacial score (nSPS) is 11.3. The molecule has 1 aromatic heterocycles. The minimum atomic E-state index is -3.68. The third-order valence-electron chi connectivity index (χ3n) is 3.06. The maximum Gasteiger partial charge on any atom is 0.335 e. The molecule has 2 aromatic carbocycles. The van der Waals surface area contributed by atoms with Gasteiger partial charge in [-0.2, -0.15) is 0 Å². The second-order valence-corrected chi connectivity index (χ2v) is 6.71. The van der Waals surface area contributed by atoms with E-state index in [1.54, 1.807) is 36.4 Å². The van der Waals surface area contributed by atoms with Crippen molar-refractivity contribution in [2.45, 2.75) is 5.22 Å². The summed E-state index contributed by atoms with van der Waals surface area (Å²) in [5, 5.41) is 7.02. The lowest BCUT2D eigenvalue weighted by atomic mass is 10.2. The van der Waals surface area contributed by atoms with Gasteiger partial charge in [0.2, 0.25) is 15.7 Å². The first-order valence-electron chi connectivity index (χ1n) is 6.95. The van der Waals surface area contributed by atoms with E-state index in [1.165, 1.54) is 0 Å². The largest absolute Gasteiger partial charge is 0.493 e. The molecule has 7 heteroatoms. The molecule has 0 fully saturated rings. The predicted molar refractivity (Wildman–Crippen MR) is 83.7 cm³/mol. The Morgan fingerprint density at radius 2 is 1.57 bits per heavy atom. The first-order valence-corrected chi connectivity index (χ1v) is 8.60. The van der Waals surface area contributed by atoms with Gasteiger partial charge in [-0.1, -0.05) is 41.5 Å². The van der Waals surface area contributed by atoms with E-state index in [0.29, 0.717) is 11.3 Å². The molecular formula is C16H14N2O4S. The van der Waals surface area contributed by atoms with E-state index in [2.05, 4.69) is 10.2 Å². The number of para-hydroxylation sites is 1. The van der Waals surface area contributed by atoms with Crippen molar-refractivity contribution in [2.75, 3.05) is 12.4 Å². The van der Waals surface area contributed by atoms with Gasteiger partial charge in [-0.15, -0.1) is 5.10 Å². The first-order chi connectivity index (χ1) is 11.1. The van der Waals surface area contributed by atoms with Gasteiger partial charge >= 0.3 is 5.22 Å². The maximum atomic E-state index is 12.2. The smallest absolute Gasteiger partial charge is 0.335 e. The fourth-order valence-corrected chi connectivity index (χ4v) is 2.75. The highest BCUT2D eigenvalue weighted by Crippen LogP contribution is 2.20. The quantitative estimate of drug-likeness (QED) is 0.691. The lowest BCUT2D eigenvalue weighted by Gasteiger charge is -2.04. The number of nitrogens with zero attached hydrogens (tertiary/aromatic N) is 2. The van der Waals surface area contributed by atoms with Gasteiger partial charge in [-0.05, 0) is 24.3 Å². The Morgan fingerprint density at radius 1 is 0.913 bits per heavy atom. The Kier molecular flexibility index (Phi) is 4.38. The molecular weight excluding hydrogens is 316 g/mol. The molecule has 0 N–H and O–H groups in total. The van der Waals surface area contributed by atoms with Crippen molar-refractivity contribution in [2.24, 2.45) is 0 Å². The summed E-state index contributed by atoms with van der Waals surface area (Å²) in [6, 6.07) is 18.0. The SMILES string of the molecule is O=S(=O)(CCOc1ccccc1)c1nnc(-c2ccccc2)o1.